The minimum atomic E-state index is -0.981. The summed E-state index contributed by atoms with van der Waals surface area (Å²) in [6, 6.07) is 5.32. The van der Waals surface area contributed by atoms with Crippen LogP contribution in [0, 0.1) is 0 Å². The van der Waals surface area contributed by atoms with Gasteiger partial charge in [0.15, 0.2) is 0 Å². The first-order chi connectivity index (χ1) is 10.1. The van der Waals surface area contributed by atoms with Crippen LogP contribution in [-0.4, -0.2) is 37.9 Å². The summed E-state index contributed by atoms with van der Waals surface area (Å²) in [5.41, 5.74) is 5.64. The lowest BCUT2D eigenvalue weighted by Gasteiger charge is -2.22. The lowest BCUT2D eigenvalue weighted by molar-refractivity contribution is -0.121. The number of nitrogens with one attached hydrogen (secondary N) is 1. The van der Waals surface area contributed by atoms with Gasteiger partial charge in [-0.05, 0) is 32.4 Å². The van der Waals surface area contributed by atoms with Gasteiger partial charge in [-0.2, -0.15) is 0 Å². The van der Waals surface area contributed by atoms with Crippen molar-refractivity contribution in [2.45, 2.75) is 25.8 Å². The third-order valence-corrected chi connectivity index (χ3v) is 3.31. The van der Waals surface area contributed by atoms with E-state index in [4.69, 9.17) is 19.9 Å². The molecule has 1 atom stereocenters. The predicted octanol–water partition coefficient (Wildman–Crippen LogP) is 1.54. The molecule has 1 aromatic carbocycles. The highest BCUT2D eigenvalue weighted by Crippen LogP contribution is 2.30. The number of benzene rings is 1. The quantitative estimate of drug-likeness (QED) is 0.831. The smallest absolute Gasteiger partial charge is 0.247 e. The number of hydrogen-bond donors (Lipinski definition) is 2. The van der Waals surface area contributed by atoms with Crippen molar-refractivity contribution in [2.75, 3.05) is 31.7 Å². The molecule has 3 N–H and O–H groups in total. The van der Waals surface area contributed by atoms with E-state index < -0.39 is 5.54 Å². The van der Waals surface area contributed by atoms with E-state index in [1.807, 2.05) is 13.8 Å². The Kier molecular flexibility index (Phi) is 5.03. The van der Waals surface area contributed by atoms with E-state index >= 15 is 0 Å². The predicted molar refractivity (Wildman–Crippen MR) is 79.8 cm³/mol. The number of amides is 1. The van der Waals surface area contributed by atoms with Crippen LogP contribution in [0.3, 0.4) is 0 Å². The Labute approximate surface area is 124 Å². The highest BCUT2D eigenvalue weighted by molar-refractivity contribution is 5.99. The molecule has 1 aliphatic heterocycles. The summed E-state index contributed by atoms with van der Waals surface area (Å²) in [5, 5.41) is 2.83. The van der Waals surface area contributed by atoms with E-state index in [1.54, 1.807) is 18.2 Å². The molecule has 0 aromatic heterocycles. The van der Waals surface area contributed by atoms with Crippen LogP contribution < -0.4 is 20.5 Å². The third kappa shape index (κ3) is 3.65. The number of carbonyl (C=O) groups excluding carboxylic acids is 1. The summed E-state index contributed by atoms with van der Waals surface area (Å²) in [4.78, 5) is 12.3. The van der Waals surface area contributed by atoms with Crippen molar-refractivity contribution < 1.29 is 19.0 Å². The molecule has 0 spiro atoms. The molecule has 1 saturated heterocycles. The number of anilines is 1. The summed E-state index contributed by atoms with van der Waals surface area (Å²) >= 11 is 0. The van der Waals surface area contributed by atoms with Crippen molar-refractivity contribution in [3.8, 4) is 11.5 Å². The van der Waals surface area contributed by atoms with Gasteiger partial charge in [-0.3, -0.25) is 4.79 Å². The zero-order chi connectivity index (χ0) is 15.3. The molecule has 0 saturated carbocycles. The molecule has 1 amide bonds. The number of rotatable bonds is 6. The summed E-state index contributed by atoms with van der Waals surface area (Å²) < 4.78 is 16.2. The Morgan fingerprint density at radius 2 is 2.14 bits per heavy atom. The van der Waals surface area contributed by atoms with Crippen molar-refractivity contribution >= 4 is 11.6 Å². The number of hydrogen-bond acceptors (Lipinski definition) is 5. The molecule has 0 radical (unpaired) electrons. The minimum absolute atomic E-state index is 0.230. The second-order valence-electron chi connectivity index (χ2n) is 4.94. The Morgan fingerprint density at radius 1 is 1.38 bits per heavy atom. The van der Waals surface area contributed by atoms with Gasteiger partial charge in [0.1, 0.15) is 17.0 Å². The molecule has 1 fully saturated rings. The fourth-order valence-electron chi connectivity index (χ4n) is 2.15. The first-order valence-electron chi connectivity index (χ1n) is 7.17. The molecule has 116 valence electrons. The largest absolute Gasteiger partial charge is 0.494 e. The molecule has 1 aliphatic rings. The van der Waals surface area contributed by atoms with Gasteiger partial charge in [0.2, 0.25) is 5.91 Å². The standard InChI is InChI=1S/C15H22N2O4/c1-3-20-11-5-6-13(21-4-2)12(9-11)17-14(18)15(16)7-8-19-10-15/h5-6,9H,3-4,7-8,10,16H2,1-2H3,(H,17,18). The zero-order valence-electron chi connectivity index (χ0n) is 12.5. The Hall–Kier alpha value is -1.79. The summed E-state index contributed by atoms with van der Waals surface area (Å²) in [6.07, 6.45) is 0.508. The van der Waals surface area contributed by atoms with E-state index in [9.17, 15) is 4.79 Å². The molecule has 0 aliphatic carbocycles. The monoisotopic (exact) mass is 294 g/mol. The van der Waals surface area contributed by atoms with Crippen LogP contribution in [0.25, 0.3) is 0 Å². The SMILES string of the molecule is CCOc1ccc(OCC)c(NC(=O)C2(N)CCOC2)c1. The van der Waals surface area contributed by atoms with Gasteiger partial charge in [-0.25, -0.2) is 0 Å². The average molecular weight is 294 g/mol. The van der Waals surface area contributed by atoms with Gasteiger partial charge in [0.25, 0.3) is 0 Å². The average Bonchev–Trinajstić information content (AvgIpc) is 2.90. The molecular weight excluding hydrogens is 272 g/mol. The third-order valence-electron chi connectivity index (χ3n) is 3.31. The molecule has 2 rings (SSSR count). The fourth-order valence-corrected chi connectivity index (χ4v) is 2.15. The van der Waals surface area contributed by atoms with E-state index in [0.717, 1.165) is 0 Å². The van der Waals surface area contributed by atoms with Crippen LogP contribution in [0.5, 0.6) is 11.5 Å². The van der Waals surface area contributed by atoms with Crippen molar-refractivity contribution in [2.24, 2.45) is 5.73 Å². The normalized spacial score (nSPS) is 21.1. The fraction of sp³-hybridized carbons (Fsp3) is 0.533. The second kappa shape index (κ2) is 6.78. The van der Waals surface area contributed by atoms with Gasteiger partial charge < -0.3 is 25.3 Å². The van der Waals surface area contributed by atoms with Gasteiger partial charge in [-0.15, -0.1) is 0 Å². The number of nitrogens with two attached hydrogens (primary N) is 1. The molecule has 1 unspecified atom stereocenters. The van der Waals surface area contributed by atoms with Gasteiger partial charge in [0, 0.05) is 12.7 Å². The zero-order valence-corrected chi connectivity index (χ0v) is 12.5. The summed E-state index contributed by atoms with van der Waals surface area (Å²) in [5.74, 6) is 0.997. The maximum atomic E-state index is 12.3. The highest BCUT2D eigenvalue weighted by Gasteiger charge is 2.38. The molecule has 0 bridgehead atoms. The van der Waals surface area contributed by atoms with E-state index in [-0.39, 0.29) is 12.5 Å². The second-order valence-corrected chi connectivity index (χ2v) is 4.94. The van der Waals surface area contributed by atoms with Crippen LogP contribution in [0.15, 0.2) is 18.2 Å². The van der Waals surface area contributed by atoms with E-state index in [0.29, 0.717) is 43.4 Å². The van der Waals surface area contributed by atoms with Crippen molar-refractivity contribution in [3.63, 3.8) is 0 Å². The lowest BCUT2D eigenvalue weighted by atomic mass is 9.99. The first-order valence-corrected chi connectivity index (χ1v) is 7.17. The topological polar surface area (TPSA) is 82.8 Å². The molecular formula is C15H22N2O4. The van der Waals surface area contributed by atoms with Crippen LogP contribution in [0.2, 0.25) is 0 Å². The van der Waals surface area contributed by atoms with Crippen molar-refractivity contribution in [1.82, 2.24) is 0 Å². The van der Waals surface area contributed by atoms with Crippen molar-refractivity contribution in [1.29, 1.82) is 0 Å². The van der Waals surface area contributed by atoms with Gasteiger partial charge >= 0.3 is 0 Å². The highest BCUT2D eigenvalue weighted by atomic mass is 16.5. The minimum Gasteiger partial charge on any atom is -0.494 e. The molecule has 1 heterocycles. The van der Waals surface area contributed by atoms with Gasteiger partial charge in [0.05, 0.1) is 25.5 Å². The Balaban J connectivity index is 2.19. The van der Waals surface area contributed by atoms with Crippen LogP contribution >= 0.6 is 0 Å². The Bertz CT molecular complexity index is 498. The summed E-state index contributed by atoms with van der Waals surface area (Å²) in [7, 11) is 0. The first kappa shape index (κ1) is 15.6. The van der Waals surface area contributed by atoms with Crippen molar-refractivity contribution in [3.05, 3.63) is 18.2 Å². The number of ether oxygens (including phenoxy) is 3. The Morgan fingerprint density at radius 3 is 2.76 bits per heavy atom. The maximum absolute atomic E-state index is 12.3. The van der Waals surface area contributed by atoms with Crippen LogP contribution in [0.1, 0.15) is 20.3 Å². The molecule has 6 heteroatoms. The molecule has 6 nitrogen and oxygen atoms in total. The molecule has 1 aromatic rings. The van der Waals surface area contributed by atoms with Gasteiger partial charge in [-0.1, -0.05) is 0 Å². The summed E-state index contributed by atoms with van der Waals surface area (Å²) in [6.45, 7) is 5.58. The lowest BCUT2D eigenvalue weighted by Crippen LogP contribution is -2.51. The van der Waals surface area contributed by atoms with E-state index in [2.05, 4.69) is 5.32 Å². The van der Waals surface area contributed by atoms with Crippen LogP contribution in [-0.2, 0) is 9.53 Å². The maximum Gasteiger partial charge on any atom is 0.247 e. The van der Waals surface area contributed by atoms with Crippen LogP contribution in [0.4, 0.5) is 5.69 Å². The van der Waals surface area contributed by atoms with E-state index in [1.165, 1.54) is 0 Å². The molecule has 21 heavy (non-hydrogen) atoms. The number of carbonyl (C=O) groups is 1.